The molecule has 0 aliphatic heterocycles. The molecule has 0 unspecified atom stereocenters. The lowest BCUT2D eigenvalue weighted by atomic mass is 10.1. The van der Waals surface area contributed by atoms with Gasteiger partial charge in [-0.1, -0.05) is 17.7 Å². The Bertz CT molecular complexity index is 1220. The maximum absolute atomic E-state index is 12.1. The molecular weight excluding hydrogens is 412 g/mol. The lowest BCUT2D eigenvalue weighted by molar-refractivity contribution is -0.121. The summed E-state index contributed by atoms with van der Waals surface area (Å²) in [7, 11) is 0. The highest BCUT2D eigenvalue weighted by molar-refractivity contribution is 7.80. The van der Waals surface area contributed by atoms with Crippen LogP contribution in [0.1, 0.15) is 11.1 Å². The quantitative estimate of drug-likeness (QED) is 0.452. The van der Waals surface area contributed by atoms with Crippen molar-refractivity contribution in [2.24, 2.45) is 0 Å². The summed E-state index contributed by atoms with van der Waals surface area (Å²) >= 11 is 5.25. The number of nitrogens with one attached hydrogen (secondary N) is 2. The molecule has 0 saturated heterocycles. The van der Waals surface area contributed by atoms with Gasteiger partial charge in [0.15, 0.2) is 22.9 Å². The first-order valence-corrected chi connectivity index (χ1v) is 10.0. The molecule has 0 aliphatic rings. The molecule has 1 amide bonds. The van der Waals surface area contributed by atoms with Crippen LogP contribution in [0.25, 0.3) is 22.7 Å². The van der Waals surface area contributed by atoms with Crippen molar-refractivity contribution in [1.82, 2.24) is 15.3 Å². The number of pyridine rings is 1. The molecule has 7 nitrogen and oxygen atoms in total. The minimum atomic E-state index is -0.341. The van der Waals surface area contributed by atoms with Gasteiger partial charge in [-0.3, -0.25) is 10.1 Å². The molecule has 2 aromatic carbocycles. The van der Waals surface area contributed by atoms with Crippen LogP contribution in [0.15, 0.2) is 65.2 Å². The number of benzene rings is 2. The molecule has 0 saturated carbocycles. The van der Waals surface area contributed by atoms with Crippen molar-refractivity contribution in [3.63, 3.8) is 0 Å². The van der Waals surface area contributed by atoms with Crippen LogP contribution in [0.4, 0.5) is 5.69 Å². The number of rotatable bonds is 5. The van der Waals surface area contributed by atoms with E-state index in [1.54, 1.807) is 12.3 Å². The van der Waals surface area contributed by atoms with Crippen LogP contribution < -0.4 is 15.4 Å². The van der Waals surface area contributed by atoms with E-state index in [0.717, 1.165) is 22.4 Å². The average molecular weight is 433 g/mol. The van der Waals surface area contributed by atoms with E-state index in [1.165, 1.54) is 0 Å². The standard InChI is InChI=1S/C23H20N4O3S/c1-14-5-8-17(9-6-14)29-13-20(28)26-23(31)25-18-10-7-16(12-15(18)2)22-27-21-19(30-22)4-3-11-24-21/h3-12H,13H2,1-2H3,(H2,25,26,28,31). The third kappa shape index (κ3) is 5.04. The van der Waals surface area contributed by atoms with E-state index in [1.807, 2.05) is 62.4 Å². The van der Waals surface area contributed by atoms with Crippen molar-refractivity contribution < 1.29 is 13.9 Å². The minimum Gasteiger partial charge on any atom is -0.484 e. The average Bonchev–Trinajstić information content (AvgIpc) is 3.19. The van der Waals surface area contributed by atoms with E-state index < -0.39 is 0 Å². The Labute approximate surface area is 184 Å². The smallest absolute Gasteiger partial charge is 0.264 e. The fourth-order valence-corrected chi connectivity index (χ4v) is 3.15. The lowest BCUT2D eigenvalue weighted by Gasteiger charge is -2.13. The second-order valence-corrected chi connectivity index (χ2v) is 7.39. The molecule has 4 rings (SSSR count). The monoisotopic (exact) mass is 432 g/mol. The summed E-state index contributed by atoms with van der Waals surface area (Å²) in [5.74, 6) is 0.777. The molecule has 0 aliphatic carbocycles. The van der Waals surface area contributed by atoms with Gasteiger partial charge < -0.3 is 14.5 Å². The van der Waals surface area contributed by atoms with Gasteiger partial charge in [0, 0.05) is 17.4 Å². The number of carbonyl (C=O) groups is 1. The van der Waals surface area contributed by atoms with Gasteiger partial charge in [0.05, 0.1) is 0 Å². The zero-order valence-corrected chi connectivity index (χ0v) is 17.8. The summed E-state index contributed by atoms with van der Waals surface area (Å²) in [6, 6.07) is 16.7. The predicted octanol–water partition coefficient (Wildman–Crippen LogP) is 4.40. The summed E-state index contributed by atoms with van der Waals surface area (Å²) in [5.41, 5.74) is 4.82. The number of nitrogens with zero attached hydrogens (tertiary/aromatic N) is 2. The van der Waals surface area contributed by atoms with E-state index in [9.17, 15) is 4.79 Å². The van der Waals surface area contributed by atoms with Gasteiger partial charge in [0.2, 0.25) is 5.89 Å². The first-order valence-electron chi connectivity index (χ1n) is 9.61. The van der Waals surface area contributed by atoms with Gasteiger partial charge in [-0.2, -0.15) is 4.98 Å². The number of hydrogen-bond acceptors (Lipinski definition) is 6. The van der Waals surface area contributed by atoms with Crippen LogP contribution in [0, 0.1) is 13.8 Å². The van der Waals surface area contributed by atoms with Gasteiger partial charge in [-0.05, 0) is 74.1 Å². The van der Waals surface area contributed by atoms with Crippen molar-refractivity contribution in [3.8, 4) is 17.2 Å². The zero-order valence-electron chi connectivity index (χ0n) is 17.0. The fraction of sp³-hybridized carbons (Fsp3) is 0.130. The molecule has 8 heteroatoms. The number of fused-ring (bicyclic) bond motifs is 1. The number of aryl methyl sites for hydroxylation is 2. The minimum absolute atomic E-state index is 0.130. The Kier molecular flexibility index (Phi) is 5.90. The molecule has 0 spiro atoms. The maximum Gasteiger partial charge on any atom is 0.264 e. The summed E-state index contributed by atoms with van der Waals surface area (Å²) < 4.78 is 11.2. The molecule has 2 heterocycles. The lowest BCUT2D eigenvalue weighted by Crippen LogP contribution is -2.37. The molecule has 0 fully saturated rings. The maximum atomic E-state index is 12.1. The molecule has 0 atom stereocenters. The van der Waals surface area contributed by atoms with Gasteiger partial charge in [0.25, 0.3) is 5.91 Å². The highest BCUT2D eigenvalue weighted by Gasteiger charge is 2.12. The van der Waals surface area contributed by atoms with Crippen LogP contribution in [-0.2, 0) is 4.79 Å². The van der Waals surface area contributed by atoms with Crippen molar-refractivity contribution in [1.29, 1.82) is 0 Å². The molecule has 0 bridgehead atoms. The Morgan fingerprint density at radius 3 is 2.68 bits per heavy atom. The Hall–Kier alpha value is -3.78. The van der Waals surface area contributed by atoms with Gasteiger partial charge >= 0.3 is 0 Å². The number of thiocarbonyl (C=S) groups is 1. The Balaban J connectivity index is 1.35. The van der Waals surface area contributed by atoms with Crippen molar-refractivity contribution >= 4 is 40.2 Å². The Morgan fingerprint density at radius 1 is 1.13 bits per heavy atom. The third-order valence-corrected chi connectivity index (χ3v) is 4.73. The number of ether oxygens (including phenoxy) is 1. The van der Waals surface area contributed by atoms with Gasteiger partial charge in [0.1, 0.15) is 5.75 Å². The first-order chi connectivity index (χ1) is 15.0. The van der Waals surface area contributed by atoms with E-state index in [4.69, 9.17) is 21.4 Å². The SMILES string of the molecule is Cc1ccc(OCC(=O)NC(=S)Nc2ccc(-c3nc4ncccc4o3)cc2C)cc1. The van der Waals surface area contributed by atoms with Crippen molar-refractivity contribution in [3.05, 3.63) is 71.9 Å². The van der Waals surface area contributed by atoms with Crippen LogP contribution in [0.2, 0.25) is 0 Å². The number of oxazole rings is 1. The second kappa shape index (κ2) is 8.93. The molecular formula is C23H20N4O3S. The highest BCUT2D eigenvalue weighted by atomic mass is 32.1. The van der Waals surface area contributed by atoms with Crippen LogP contribution >= 0.6 is 12.2 Å². The van der Waals surface area contributed by atoms with Gasteiger partial charge in [-0.25, -0.2) is 4.98 Å². The molecule has 2 aromatic heterocycles. The van der Waals surface area contributed by atoms with Crippen LogP contribution in [0.5, 0.6) is 5.75 Å². The van der Waals surface area contributed by atoms with Crippen molar-refractivity contribution in [2.45, 2.75) is 13.8 Å². The topological polar surface area (TPSA) is 89.3 Å². The summed E-state index contributed by atoms with van der Waals surface area (Å²) in [4.78, 5) is 20.7. The molecule has 156 valence electrons. The number of aromatic nitrogens is 2. The number of amides is 1. The van der Waals surface area contributed by atoms with Crippen LogP contribution in [-0.4, -0.2) is 27.6 Å². The van der Waals surface area contributed by atoms with Gasteiger partial charge in [-0.15, -0.1) is 0 Å². The number of hydrogen-bond donors (Lipinski definition) is 2. The Morgan fingerprint density at radius 2 is 1.94 bits per heavy atom. The fourth-order valence-electron chi connectivity index (χ4n) is 2.93. The van der Waals surface area contributed by atoms with E-state index in [0.29, 0.717) is 22.9 Å². The predicted molar refractivity (Wildman–Crippen MR) is 123 cm³/mol. The van der Waals surface area contributed by atoms with E-state index in [2.05, 4.69) is 20.6 Å². The summed E-state index contributed by atoms with van der Waals surface area (Å²) in [5, 5.41) is 5.85. The normalized spacial score (nSPS) is 10.6. The van der Waals surface area contributed by atoms with E-state index >= 15 is 0 Å². The molecule has 2 N–H and O–H groups in total. The van der Waals surface area contributed by atoms with Crippen LogP contribution in [0.3, 0.4) is 0 Å². The second-order valence-electron chi connectivity index (χ2n) is 6.98. The zero-order chi connectivity index (χ0) is 21.8. The molecule has 4 aromatic rings. The largest absolute Gasteiger partial charge is 0.484 e. The first kappa shape index (κ1) is 20.5. The molecule has 0 radical (unpaired) electrons. The molecule has 31 heavy (non-hydrogen) atoms. The number of carbonyl (C=O) groups excluding carboxylic acids is 1. The number of anilines is 1. The highest BCUT2D eigenvalue weighted by Crippen LogP contribution is 2.26. The summed E-state index contributed by atoms with van der Waals surface area (Å²) in [6.45, 7) is 3.78. The third-order valence-electron chi connectivity index (χ3n) is 4.53. The van der Waals surface area contributed by atoms with E-state index in [-0.39, 0.29) is 17.6 Å². The van der Waals surface area contributed by atoms with Crippen molar-refractivity contribution in [2.75, 3.05) is 11.9 Å². The summed E-state index contributed by atoms with van der Waals surface area (Å²) in [6.07, 6.45) is 1.67.